The Morgan fingerprint density at radius 2 is 2.00 bits per heavy atom. The Morgan fingerprint density at radius 3 is 2.53 bits per heavy atom. The third-order valence-corrected chi connectivity index (χ3v) is 3.37. The fraction of sp³-hybridized carbons (Fsp3) is 0.533. The van der Waals surface area contributed by atoms with Crippen LogP contribution in [-0.2, 0) is 9.53 Å². The quantitative estimate of drug-likeness (QED) is 0.819. The van der Waals surface area contributed by atoms with E-state index in [1.54, 1.807) is 12.0 Å². The van der Waals surface area contributed by atoms with Crippen LogP contribution >= 0.6 is 0 Å². The molecule has 0 aliphatic heterocycles. The highest BCUT2D eigenvalue weighted by Crippen LogP contribution is 2.15. The summed E-state index contributed by atoms with van der Waals surface area (Å²) in [6.45, 7) is 5.19. The average molecular weight is 264 g/mol. The minimum absolute atomic E-state index is 0.0439. The molecule has 0 fully saturated rings. The number of rotatable bonds is 7. The molecule has 4 heteroatoms. The van der Waals surface area contributed by atoms with Crippen LogP contribution in [0.1, 0.15) is 31.9 Å². The maximum absolute atomic E-state index is 12.5. The predicted octanol–water partition coefficient (Wildman–Crippen LogP) is 1.96. The Hall–Kier alpha value is -1.39. The van der Waals surface area contributed by atoms with Crippen LogP contribution in [0.5, 0.6) is 0 Å². The van der Waals surface area contributed by atoms with Gasteiger partial charge in [0.15, 0.2) is 0 Å². The van der Waals surface area contributed by atoms with E-state index < -0.39 is 6.04 Å². The number of amides is 1. The topological polar surface area (TPSA) is 55.6 Å². The first-order valence-corrected chi connectivity index (χ1v) is 6.71. The van der Waals surface area contributed by atoms with E-state index in [1.807, 2.05) is 37.3 Å². The van der Waals surface area contributed by atoms with Gasteiger partial charge in [0.05, 0.1) is 6.61 Å². The Balaban J connectivity index is 2.80. The Morgan fingerprint density at radius 1 is 1.37 bits per heavy atom. The SMILES string of the molecule is CCC(C)N(CCOC)C(=O)[C@@H](N)c1ccccc1. The van der Waals surface area contributed by atoms with Gasteiger partial charge in [-0.3, -0.25) is 4.79 Å². The van der Waals surface area contributed by atoms with E-state index in [-0.39, 0.29) is 11.9 Å². The van der Waals surface area contributed by atoms with Crippen molar-refractivity contribution in [3.8, 4) is 0 Å². The standard InChI is InChI=1S/C15H24N2O2/c1-4-12(2)17(10-11-19-3)15(18)14(16)13-8-6-5-7-9-13/h5-9,12,14H,4,10-11,16H2,1-3H3/t12?,14-/m0/s1. The van der Waals surface area contributed by atoms with Gasteiger partial charge in [0.2, 0.25) is 5.91 Å². The van der Waals surface area contributed by atoms with Crippen molar-refractivity contribution in [1.29, 1.82) is 0 Å². The van der Waals surface area contributed by atoms with Crippen LogP contribution in [0.25, 0.3) is 0 Å². The molecule has 1 rings (SSSR count). The fourth-order valence-electron chi connectivity index (χ4n) is 1.94. The second-order valence-corrected chi connectivity index (χ2v) is 4.67. The first-order valence-electron chi connectivity index (χ1n) is 6.71. The lowest BCUT2D eigenvalue weighted by molar-refractivity contribution is -0.135. The number of nitrogens with zero attached hydrogens (tertiary/aromatic N) is 1. The predicted molar refractivity (Wildman–Crippen MR) is 76.7 cm³/mol. The van der Waals surface area contributed by atoms with E-state index in [0.717, 1.165) is 12.0 Å². The van der Waals surface area contributed by atoms with Crippen LogP contribution in [-0.4, -0.2) is 37.1 Å². The maximum atomic E-state index is 12.5. The Bertz CT molecular complexity index is 381. The molecule has 0 saturated heterocycles. The van der Waals surface area contributed by atoms with Crippen molar-refractivity contribution >= 4 is 5.91 Å². The van der Waals surface area contributed by atoms with Gasteiger partial charge in [0, 0.05) is 19.7 Å². The molecular formula is C15H24N2O2. The highest BCUT2D eigenvalue weighted by atomic mass is 16.5. The van der Waals surface area contributed by atoms with Crippen LogP contribution in [0.2, 0.25) is 0 Å². The molecular weight excluding hydrogens is 240 g/mol. The molecule has 1 amide bonds. The smallest absolute Gasteiger partial charge is 0.244 e. The Kier molecular flexibility index (Phi) is 6.53. The summed E-state index contributed by atoms with van der Waals surface area (Å²) in [5.41, 5.74) is 6.92. The average Bonchev–Trinajstić information content (AvgIpc) is 2.47. The minimum Gasteiger partial charge on any atom is -0.383 e. The van der Waals surface area contributed by atoms with Gasteiger partial charge in [-0.1, -0.05) is 37.3 Å². The van der Waals surface area contributed by atoms with E-state index in [2.05, 4.69) is 6.92 Å². The summed E-state index contributed by atoms with van der Waals surface area (Å²) in [6, 6.07) is 9.03. The molecule has 2 N–H and O–H groups in total. The zero-order valence-corrected chi connectivity index (χ0v) is 12.0. The molecule has 0 aliphatic rings. The number of benzene rings is 1. The monoisotopic (exact) mass is 264 g/mol. The summed E-state index contributed by atoms with van der Waals surface area (Å²) in [7, 11) is 1.64. The highest BCUT2D eigenvalue weighted by molar-refractivity contribution is 5.83. The summed E-state index contributed by atoms with van der Waals surface area (Å²) in [5, 5.41) is 0. The molecule has 1 aromatic rings. The molecule has 106 valence electrons. The van der Waals surface area contributed by atoms with Crippen LogP contribution in [0, 0.1) is 0 Å². The largest absolute Gasteiger partial charge is 0.383 e. The van der Waals surface area contributed by atoms with Crippen molar-refractivity contribution in [2.24, 2.45) is 5.73 Å². The summed E-state index contributed by atoms with van der Waals surface area (Å²) in [6.07, 6.45) is 0.900. The highest BCUT2D eigenvalue weighted by Gasteiger charge is 2.25. The van der Waals surface area contributed by atoms with Crippen LogP contribution in [0.3, 0.4) is 0 Å². The molecule has 0 saturated carbocycles. The van der Waals surface area contributed by atoms with Gasteiger partial charge in [0.1, 0.15) is 6.04 Å². The van der Waals surface area contributed by atoms with Crippen molar-refractivity contribution in [3.05, 3.63) is 35.9 Å². The second kappa shape index (κ2) is 7.92. The summed E-state index contributed by atoms with van der Waals surface area (Å²) >= 11 is 0. The van der Waals surface area contributed by atoms with E-state index in [9.17, 15) is 4.79 Å². The summed E-state index contributed by atoms with van der Waals surface area (Å²) < 4.78 is 5.07. The van der Waals surface area contributed by atoms with E-state index >= 15 is 0 Å². The van der Waals surface area contributed by atoms with E-state index in [1.165, 1.54) is 0 Å². The molecule has 0 aromatic heterocycles. The van der Waals surface area contributed by atoms with Crippen molar-refractivity contribution in [2.75, 3.05) is 20.3 Å². The van der Waals surface area contributed by atoms with Gasteiger partial charge in [-0.15, -0.1) is 0 Å². The van der Waals surface area contributed by atoms with Gasteiger partial charge < -0.3 is 15.4 Å². The summed E-state index contributed by atoms with van der Waals surface area (Å²) in [5.74, 6) is -0.0439. The number of ether oxygens (including phenoxy) is 1. The maximum Gasteiger partial charge on any atom is 0.244 e. The molecule has 0 heterocycles. The fourth-order valence-corrected chi connectivity index (χ4v) is 1.94. The molecule has 19 heavy (non-hydrogen) atoms. The second-order valence-electron chi connectivity index (χ2n) is 4.67. The van der Waals surface area contributed by atoms with Crippen molar-refractivity contribution in [3.63, 3.8) is 0 Å². The minimum atomic E-state index is -0.605. The van der Waals surface area contributed by atoms with Gasteiger partial charge in [0.25, 0.3) is 0 Å². The molecule has 0 aliphatic carbocycles. The number of hydrogen-bond donors (Lipinski definition) is 1. The first kappa shape index (κ1) is 15.7. The first-order chi connectivity index (χ1) is 9.11. The zero-order valence-electron chi connectivity index (χ0n) is 12.0. The normalized spacial score (nSPS) is 13.9. The number of carbonyl (C=O) groups excluding carboxylic acids is 1. The van der Waals surface area contributed by atoms with E-state index in [0.29, 0.717) is 13.2 Å². The number of nitrogens with two attached hydrogens (primary N) is 1. The third-order valence-electron chi connectivity index (χ3n) is 3.37. The lowest BCUT2D eigenvalue weighted by atomic mass is 10.1. The van der Waals surface area contributed by atoms with Gasteiger partial charge in [-0.05, 0) is 18.9 Å². The molecule has 2 atom stereocenters. The molecule has 0 spiro atoms. The molecule has 0 radical (unpaired) electrons. The van der Waals surface area contributed by atoms with Gasteiger partial charge in [-0.25, -0.2) is 0 Å². The van der Waals surface area contributed by atoms with Gasteiger partial charge in [-0.2, -0.15) is 0 Å². The Labute approximate surface area is 115 Å². The van der Waals surface area contributed by atoms with Crippen LogP contribution in [0.4, 0.5) is 0 Å². The number of methoxy groups -OCH3 is 1. The zero-order chi connectivity index (χ0) is 14.3. The van der Waals surface area contributed by atoms with Crippen molar-refractivity contribution in [2.45, 2.75) is 32.4 Å². The lowest BCUT2D eigenvalue weighted by Crippen LogP contribution is -2.45. The molecule has 4 nitrogen and oxygen atoms in total. The van der Waals surface area contributed by atoms with Crippen molar-refractivity contribution in [1.82, 2.24) is 4.90 Å². The van der Waals surface area contributed by atoms with Crippen LogP contribution < -0.4 is 5.73 Å². The van der Waals surface area contributed by atoms with Crippen LogP contribution in [0.15, 0.2) is 30.3 Å². The number of hydrogen-bond acceptors (Lipinski definition) is 3. The van der Waals surface area contributed by atoms with Crippen molar-refractivity contribution < 1.29 is 9.53 Å². The van der Waals surface area contributed by atoms with Gasteiger partial charge >= 0.3 is 0 Å². The number of carbonyl (C=O) groups is 1. The lowest BCUT2D eigenvalue weighted by Gasteiger charge is -2.30. The van der Waals surface area contributed by atoms with E-state index in [4.69, 9.17) is 10.5 Å². The molecule has 1 aromatic carbocycles. The third kappa shape index (κ3) is 4.33. The molecule has 0 bridgehead atoms. The summed E-state index contributed by atoms with van der Waals surface area (Å²) in [4.78, 5) is 14.3. The molecule has 1 unspecified atom stereocenters.